The van der Waals surface area contributed by atoms with Crippen LogP contribution in [-0.2, 0) is 0 Å². The minimum atomic E-state index is -0.0717. The predicted molar refractivity (Wildman–Crippen MR) is 96.6 cm³/mol. The number of methoxy groups -OCH3 is 1. The maximum absolute atomic E-state index is 12.4. The van der Waals surface area contributed by atoms with Crippen molar-refractivity contribution in [1.82, 2.24) is 25.1 Å². The van der Waals surface area contributed by atoms with Gasteiger partial charge in [-0.25, -0.2) is 0 Å². The number of carbonyl (C=O) groups is 1. The molecule has 1 aliphatic heterocycles. The van der Waals surface area contributed by atoms with E-state index in [2.05, 4.69) is 25.5 Å². The molecular formula is C18H20N6O2. The molecule has 3 heterocycles. The first kappa shape index (κ1) is 16.3. The molecule has 1 unspecified atom stereocenters. The van der Waals surface area contributed by atoms with Crippen molar-refractivity contribution in [2.24, 2.45) is 0 Å². The number of rotatable bonds is 4. The quantitative estimate of drug-likeness (QED) is 0.765. The maximum atomic E-state index is 12.4. The van der Waals surface area contributed by atoms with E-state index in [0.717, 1.165) is 42.5 Å². The molecule has 1 amide bonds. The lowest BCUT2D eigenvalue weighted by Gasteiger charge is -2.18. The first-order valence-electron chi connectivity index (χ1n) is 8.53. The van der Waals surface area contributed by atoms with Crippen LogP contribution in [-0.4, -0.2) is 52.0 Å². The number of nitrogens with one attached hydrogen (secondary N) is 1. The predicted octanol–water partition coefficient (Wildman–Crippen LogP) is 1.45. The van der Waals surface area contributed by atoms with Gasteiger partial charge in [0.15, 0.2) is 11.5 Å². The van der Waals surface area contributed by atoms with Gasteiger partial charge in [-0.3, -0.25) is 4.79 Å². The molecule has 1 atom stereocenters. The Morgan fingerprint density at radius 3 is 2.77 bits per heavy atom. The largest absolute Gasteiger partial charge is 0.497 e. The average Bonchev–Trinajstić information content (AvgIpc) is 3.28. The molecule has 1 saturated heterocycles. The lowest BCUT2D eigenvalue weighted by molar-refractivity contribution is 0.0940. The first-order chi connectivity index (χ1) is 12.6. The van der Waals surface area contributed by atoms with Crippen molar-refractivity contribution < 1.29 is 9.53 Å². The van der Waals surface area contributed by atoms with Gasteiger partial charge >= 0.3 is 0 Å². The molecular weight excluding hydrogens is 332 g/mol. The van der Waals surface area contributed by atoms with Crippen LogP contribution in [0, 0.1) is 6.92 Å². The van der Waals surface area contributed by atoms with E-state index >= 15 is 0 Å². The summed E-state index contributed by atoms with van der Waals surface area (Å²) < 4.78 is 6.86. The van der Waals surface area contributed by atoms with Crippen LogP contribution in [0.1, 0.15) is 22.6 Å². The van der Waals surface area contributed by atoms with E-state index in [4.69, 9.17) is 4.74 Å². The van der Waals surface area contributed by atoms with Crippen LogP contribution in [0.3, 0.4) is 0 Å². The van der Waals surface area contributed by atoms with E-state index < -0.39 is 0 Å². The number of nitrogens with zero attached hydrogens (tertiary/aromatic N) is 5. The molecule has 4 rings (SSSR count). The molecule has 0 spiro atoms. The fraction of sp³-hybridized carbons (Fsp3) is 0.333. The van der Waals surface area contributed by atoms with Gasteiger partial charge in [0.05, 0.1) is 7.11 Å². The number of anilines is 1. The third-order valence-corrected chi connectivity index (χ3v) is 4.60. The third kappa shape index (κ3) is 3.05. The molecule has 0 aliphatic carbocycles. The highest BCUT2D eigenvalue weighted by Crippen LogP contribution is 2.19. The summed E-state index contributed by atoms with van der Waals surface area (Å²) in [5.74, 6) is 2.28. The summed E-state index contributed by atoms with van der Waals surface area (Å²) in [5.41, 5.74) is 1.36. The molecule has 1 aromatic carbocycles. The Morgan fingerprint density at radius 2 is 2.00 bits per heavy atom. The van der Waals surface area contributed by atoms with Crippen LogP contribution in [0.4, 0.5) is 5.82 Å². The van der Waals surface area contributed by atoms with E-state index in [9.17, 15) is 4.79 Å². The zero-order chi connectivity index (χ0) is 18.1. The topological polar surface area (TPSA) is 84.6 Å². The highest BCUT2D eigenvalue weighted by atomic mass is 16.5. The highest BCUT2D eigenvalue weighted by molar-refractivity contribution is 5.94. The summed E-state index contributed by atoms with van der Waals surface area (Å²) in [7, 11) is 1.61. The fourth-order valence-corrected chi connectivity index (χ4v) is 3.15. The molecule has 26 heavy (non-hydrogen) atoms. The van der Waals surface area contributed by atoms with Crippen LogP contribution in [0.15, 0.2) is 36.4 Å². The molecule has 1 fully saturated rings. The third-order valence-electron chi connectivity index (χ3n) is 4.60. The van der Waals surface area contributed by atoms with Crippen LogP contribution < -0.4 is 15.0 Å². The Balaban J connectivity index is 1.42. The number of amides is 1. The van der Waals surface area contributed by atoms with Crippen molar-refractivity contribution in [3.8, 4) is 5.75 Å². The molecule has 0 saturated carbocycles. The van der Waals surface area contributed by atoms with Gasteiger partial charge in [-0.15, -0.1) is 15.3 Å². The zero-order valence-electron chi connectivity index (χ0n) is 14.7. The Morgan fingerprint density at radius 1 is 1.19 bits per heavy atom. The molecule has 134 valence electrons. The van der Waals surface area contributed by atoms with Gasteiger partial charge in [0.1, 0.15) is 11.6 Å². The summed E-state index contributed by atoms with van der Waals surface area (Å²) in [6.45, 7) is 3.44. The number of aryl methyl sites for hydroxylation is 1. The van der Waals surface area contributed by atoms with Crippen molar-refractivity contribution >= 4 is 17.4 Å². The van der Waals surface area contributed by atoms with Crippen molar-refractivity contribution in [2.75, 3.05) is 25.1 Å². The smallest absolute Gasteiger partial charge is 0.251 e. The second-order valence-electron chi connectivity index (χ2n) is 6.34. The Labute approximate surface area is 150 Å². The number of aromatic nitrogens is 4. The molecule has 0 radical (unpaired) electrons. The lowest BCUT2D eigenvalue weighted by atomic mass is 10.2. The zero-order valence-corrected chi connectivity index (χ0v) is 14.7. The standard InChI is InChI=1S/C18H20N6O2/c1-12-20-21-16-7-8-17(22-24(12)16)23-10-9-14(11-23)19-18(25)13-3-5-15(26-2)6-4-13/h3-8,14H,9-11H2,1-2H3,(H,19,25). The Kier molecular flexibility index (Phi) is 4.16. The minimum absolute atomic E-state index is 0.0717. The monoisotopic (exact) mass is 352 g/mol. The van der Waals surface area contributed by atoms with Crippen molar-refractivity contribution in [3.05, 3.63) is 47.8 Å². The summed E-state index contributed by atoms with van der Waals surface area (Å²) in [6.07, 6.45) is 0.878. The first-order valence-corrected chi connectivity index (χ1v) is 8.53. The van der Waals surface area contributed by atoms with Gasteiger partial charge in [-0.05, 0) is 49.7 Å². The van der Waals surface area contributed by atoms with Gasteiger partial charge in [-0.1, -0.05) is 0 Å². The van der Waals surface area contributed by atoms with Gasteiger partial charge < -0.3 is 15.0 Å². The molecule has 8 nitrogen and oxygen atoms in total. The molecule has 1 N–H and O–H groups in total. The van der Waals surface area contributed by atoms with Gasteiger partial charge in [0, 0.05) is 24.7 Å². The van der Waals surface area contributed by atoms with E-state index in [1.807, 2.05) is 19.1 Å². The second kappa shape index (κ2) is 6.62. The van der Waals surface area contributed by atoms with E-state index in [0.29, 0.717) is 5.56 Å². The van der Waals surface area contributed by atoms with Crippen molar-refractivity contribution in [1.29, 1.82) is 0 Å². The summed E-state index contributed by atoms with van der Waals surface area (Å²) in [6, 6.07) is 11.1. The van der Waals surface area contributed by atoms with Gasteiger partial charge in [-0.2, -0.15) is 4.52 Å². The second-order valence-corrected chi connectivity index (χ2v) is 6.34. The Hall–Kier alpha value is -3.16. The van der Waals surface area contributed by atoms with Crippen LogP contribution >= 0.6 is 0 Å². The fourth-order valence-electron chi connectivity index (χ4n) is 3.15. The number of carbonyl (C=O) groups excluding carboxylic acids is 1. The average molecular weight is 352 g/mol. The lowest BCUT2D eigenvalue weighted by Crippen LogP contribution is -2.37. The number of fused-ring (bicyclic) bond motifs is 1. The maximum Gasteiger partial charge on any atom is 0.251 e. The highest BCUT2D eigenvalue weighted by Gasteiger charge is 2.25. The van der Waals surface area contributed by atoms with Crippen molar-refractivity contribution in [3.63, 3.8) is 0 Å². The molecule has 2 aromatic heterocycles. The van der Waals surface area contributed by atoms with Crippen LogP contribution in [0.25, 0.3) is 5.65 Å². The number of ether oxygens (including phenoxy) is 1. The number of hydrogen-bond donors (Lipinski definition) is 1. The van der Waals surface area contributed by atoms with E-state index in [-0.39, 0.29) is 11.9 Å². The molecule has 8 heteroatoms. The van der Waals surface area contributed by atoms with Crippen molar-refractivity contribution in [2.45, 2.75) is 19.4 Å². The molecule has 3 aromatic rings. The summed E-state index contributed by atoms with van der Waals surface area (Å²) in [4.78, 5) is 14.6. The van der Waals surface area contributed by atoms with E-state index in [1.165, 1.54) is 0 Å². The summed E-state index contributed by atoms with van der Waals surface area (Å²) >= 11 is 0. The summed E-state index contributed by atoms with van der Waals surface area (Å²) in [5, 5.41) is 15.8. The van der Waals surface area contributed by atoms with E-state index in [1.54, 1.807) is 35.9 Å². The number of benzene rings is 1. The van der Waals surface area contributed by atoms with Gasteiger partial charge in [0.25, 0.3) is 5.91 Å². The molecule has 0 bridgehead atoms. The normalized spacial score (nSPS) is 16.8. The van der Waals surface area contributed by atoms with Crippen LogP contribution in [0.5, 0.6) is 5.75 Å². The van der Waals surface area contributed by atoms with Gasteiger partial charge in [0.2, 0.25) is 0 Å². The SMILES string of the molecule is COc1ccc(C(=O)NC2CCN(c3ccc4nnc(C)n4n3)C2)cc1. The number of hydrogen-bond acceptors (Lipinski definition) is 6. The van der Waals surface area contributed by atoms with Crippen LogP contribution in [0.2, 0.25) is 0 Å². The Bertz CT molecular complexity index is 937. The minimum Gasteiger partial charge on any atom is -0.497 e. The molecule has 1 aliphatic rings.